The average Bonchev–Trinajstić information content (AvgIpc) is 3.22. The highest BCUT2D eigenvalue weighted by atomic mass is 16.8. The Morgan fingerprint density at radius 3 is 1.78 bits per heavy atom. The van der Waals surface area contributed by atoms with E-state index >= 15 is 0 Å². The van der Waals surface area contributed by atoms with Crippen LogP contribution < -0.4 is 0 Å². The Morgan fingerprint density at radius 1 is 0.593 bits per heavy atom. The van der Waals surface area contributed by atoms with Crippen LogP contribution in [0.4, 0.5) is 0 Å². The highest BCUT2D eigenvalue weighted by Gasteiger charge is 2.57. The number of benzene rings is 2. The zero-order valence-electron chi connectivity index (χ0n) is 15.3. The summed E-state index contributed by atoms with van der Waals surface area (Å²) in [6, 6.07) is 20.4. The number of hydrogen-bond acceptors (Lipinski definition) is 5. The van der Waals surface area contributed by atoms with Crippen molar-refractivity contribution in [2.75, 3.05) is 0 Å². The maximum absolute atomic E-state index is 6.24. The van der Waals surface area contributed by atoms with Gasteiger partial charge in [-0.3, -0.25) is 0 Å². The molecule has 2 aromatic carbocycles. The van der Waals surface area contributed by atoms with E-state index in [0.717, 1.165) is 0 Å². The highest BCUT2D eigenvalue weighted by molar-refractivity contribution is 5.16. The Balaban J connectivity index is 1.25. The predicted octanol–water partition coefficient (Wildman–Crippen LogP) is 3.07. The van der Waals surface area contributed by atoms with E-state index in [1.54, 1.807) is 0 Å². The Labute approximate surface area is 159 Å². The Morgan fingerprint density at radius 2 is 1.15 bits per heavy atom. The summed E-state index contributed by atoms with van der Waals surface area (Å²) in [5.74, 6) is 0. The van der Waals surface area contributed by atoms with Gasteiger partial charge in [0.25, 0.3) is 0 Å². The van der Waals surface area contributed by atoms with Crippen LogP contribution in [0.1, 0.15) is 18.1 Å². The SMILES string of the molecule is CC1OC(Cc2ccccc2)OC2C1OC1OC(Cc3ccccc3)OC12. The summed E-state index contributed by atoms with van der Waals surface area (Å²) < 4.78 is 30.5. The van der Waals surface area contributed by atoms with Gasteiger partial charge in [-0.25, -0.2) is 0 Å². The van der Waals surface area contributed by atoms with Gasteiger partial charge in [-0.05, 0) is 18.1 Å². The molecule has 7 unspecified atom stereocenters. The Kier molecular flexibility index (Phi) is 4.71. The summed E-state index contributed by atoms with van der Waals surface area (Å²) in [5.41, 5.74) is 2.37. The van der Waals surface area contributed by atoms with E-state index in [0.29, 0.717) is 12.8 Å². The first-order valence-electron chi connectivity index (χ1n) is 9.61. The van der Waals surface area contributed by atoms with Gasteiger partial charge in [-0.1, -0.05) is 60.7 Å². The molecule has 3 saturated heterocycles. The van der Waals surface area contributed by atoms with Crippen molar-refractivity contribution in [2.45, 2.75) is 63.1 Å². The third kappa shape index (κ3) is 3.53. The first kappa shape index (κ1) is 17.3. The van der Waals surface area contributed by atoms with Gasteiger partial charge in [0, 0.05) is 12.8 Å². The molecule has 0 aromatic heterocycles. The van der Waals surface area contributed by atoms with E-state index in [9.17, 15) is 0 Å². The van der Waals surface area contributed by atoms with Crippen LogP contribution in [0.15, 0.2) is 60.7 Å². The number of fused-ring (bicyclic) bond motifs is 3. The molecule has 3 fully saturated rings. The van der Waals surface area contributed by atoms with Crippen molar-refractivity contribution < 1.29 is 23.7 Å². The fourth-order valence-electron chi connectivity index (χ4n) is 4.12. The molecule has 5 rings (SSSR count). The summed E-state index contributed by atoms with van der Waals surface area (Å²) in [6.45, 7) is 2.03. The van der Waals surface area contributed by atoms with Gasteiger partial charge >= 0.3 is 0 Å². The lowest BCUT2D eigenvalue weighted by Gasteiger charge is -2.37. The molecule has 0 aliphatic carbocycles. The van der Waals surface area contributed by atoms with Crippen molar-refractivity contribution >= 4 is 0 Å². The van der Waals surface area contributed by atoms with Gasteiger partial charge in [0.05, 0.1) is 6.10 Å². The largest absolute Gasteiger partial charge is 0.347 e. The molecule has 5 nitrogen and oxygen atoms in total. The molecule has 142 valence electrons. The summed E-state index contributed by atoms with van der Waals surface area (Å²) in [5, 5.41) is 0. The lowest BCUT2D eigenvalue weighted by molar-refractivity contribution is -0.292. The number of ether oxygens (including phenoxy) is 5. The van der Waals surface area contributed by atoms with Crippen molar-refractivity contribution in [1.82, 2.24) is 0 Å². The minimum Gasteiger partial charge on any atom is -0.347 e. The molecule has 27 heavy (non-hydrogen) atoms. The van der Waals surface area contributed by atoms with Gasteiger partial charge in [-0.15, -0.1) is 0 Å². The molecule has 0 spiro atoms. The second kappa shape index (κ2) is 7.34. The molecule has 2 aromatic rings. The van der Waals surface area contributed by atoms with E-state index in [4.69, 9.17) is 23.7 Å². The minimum atomic E-state index is -0.393. The van der Waals surface area contributed by atoms with E-state index in [1.165, 1.54) is 11.1 Å². The average molecular weight is 368 g/mol. The van der Waals surface area contributed by atoms with Crippen LogP contribution in [0.3, 0.4) is 0 Å². The minimum absolute atomic E-state index is 0.0668. The van der Waals surface area contributed by atoms with Crippen LogP contribution >= 0.6 is 0 Å². The van der Waals surface area contributed by atoms with E-state index in [1.807, 2.05) is 43.3 Å². The maximum Gasteiger partial charge on any atom is 0.190 e. The summed E-state index contributed by atoms with van der Waals surface area (Å²) in [7, 11) is 0. The van der Waals surface area contributed by atoms with Crippen molar-refractivity contribution in [3.8, 4) is 0 Å². The lowest BCUT2D eigenvalue weighted by Crippen LogP contribution is -2.51. The molecule has 3 aliphatic heterocycles. The molecular weight excluding hydrogens is 344 g/mol. The molecule has 5 heteroatoms. The van der Waals surface area contributed by atoms with Gasteiger partial charge in [0.1, 0.15) is 18.3 Å². The first-order valence-corrected chi connectivity index (χ1v) is 9.61. The normalized spacial score (nSPS) is 37.7. The second-order valence-corrected chi connectivity index (χ2v) is 7.39. The van der Waals surface area contributed by atoms with E-state index in [2.05, 4.69) is 24.3 Å². The third-order valence-electron chi connectivity index (χ3n) is 5.43. The third-order valence-corrected chi connectivity index (χ3v) is 5.43. The molecule has 0 radical (unpaired) electrons. The molecule has 3 aliphatic rings. The van der Waals surface area contributed by atoms with Crippen molar-refractivity contribution in [1.29, 1.82) is 0 Å². The molecule has 0 saturated carbocycles. The standard InChI is InChI=1S/C22H24O5/c1-14-19-20(24-17(23-14)12-15-8-4-2-5-9-15)21-22(27-19)26-18(25-21)13-16-10-6-3-7-11-16/h2-11,14,17-22H,12-13H2,1H3. The van der Waals surface area contributed by atoms with Crippen LogP contribution in [-0.4, -0.2) is 43.3 Å². The van der Waals surface area contributed by atoms with Gasteiger partial charge in [0.2, 0.25) is 0 Å². The lowest BCUT2D eigenvalue weighted by atomic mass is 10.0. The van der Waals surface area contributed by atoms with Crippen molar-refractivity contribution in [3.05, 3.63) is 71.8 Å². The zero-order valence-corrected chi connectivity index (χ0v) is 15.3. The van der Waals surface area contributed by atoms with E-state index < -0.39 is 6.29 Å². The van der Waals surface area contributed by atoms with Crippen LogP contribution in [0, 0.1) is 0 Å². The molecule has 7 atom stereocenters. The van der Waals surface area contributed by atoms with Crippen LogP contribution in [0.25, 0.3) is 0 Å². The quantitative estimate of drug-likeness (QED) is 0.830. The summed E-state index contributed by atoms with van der Waals surface area (Å²) in [4.78, 5) is 0. The van der Waals surface area contributed by atoms with Crippen LogP contribution in [0.5, 0.6) is 0 Å². The maximum atomic E-state index is 6.24. The monoisotopic (exact) mass is 368 g/mol. The molecule has 3 heterocycles. The smallest absolute Gasteiger partial charge is 0.190 e. The fraction of sp³-hybridized carbons (Fsp3) is 0.455. The number of hydrogen-bond donors (Lipinski definition) is 0. The summed E-state index contributed by atoms with van der Waals surface area (Å²) >= 11 is 0. The Bertz CT molecular complexity index is 752. The molecule has 0 N–H and O–H groups in total. The van der Waals surface area contributed by atoms with Gasteiger partial charge < -0.3 is 23.7 Å². The predicted molar refractivity (Wildman–Crippen MR) is 97.9 cm³/mol. The topological polar surface area (TPSA) is 46.2 Å². The van der Waals surface area contributed by atoms with Crippen LogP contribution in [0.2, 0.25) is 0 Å². The summed E-state index contributed by atoms with van der Waals surface area (Å²) in [6.07, 6.45) is -0.210. The number of rotatable bonds is 4. The second-order valence-electron chi connectivity index (χ2n) is 7.39. The molecule has 0 bridgehead atoms. The van der Waals surface area contributed by atoms with Crippen molar-refractivity contribution in [2.24, 2.45) is 0 Å². The molecular formula is C22H24O5. The molecule has 0 amide bonds. The van der Waals surface area contributed by atoms with Crippen molar-refractivity contribution in [3.63, 3.8) is 0 Å². The van der Waals surface area contributed by atoms with Crippen LogP contribution in [-0.2, 0) is 36.5 Å². The highest BCUT2D eigenvalue weighted by Crippen LogP contribution is 2.40. The fourth-order valence-corrected chi connectivity index (χ4v) is 4.12. The van der Waals surface area contributed by atoms with E-state index in [-0.39, 0.29) is 37.0 Å². The van der Waals surface area contributed by atoms with Gasteiger partial charge in [-0.2, -0.15) is 0 Å². The van der Waals surface area contributed by atoms with Gasteiger partial charge in [0.15, 0.2) is 18.9 Å². The Hall–Kier alpha value is -1.76. The first-order chi connectivity index (χ1) is 13.3. The zero-order chi connectivity index (χ0) is 18.2.